The number of aliphatic hydroxyl groups excluding tert-OH is 1. The van der Waals surface area contributed by atoms with Gasteiger partial charge in [0.2, 0.25) is 0 Å². The number of ketones is 1. The molecule has 7 atom stereocenters. The normalized spacial score (nSPS) is 50.5. The third-order valence-electron chi connectivity index (χ3n) is 8.19. The van der Waals surface area contributed by atoms with Gasteiger partial charge in [-0.25, -0.2) is 0 Å². The van der Waals surface area contributed by atoms with Gasteiger partial charge in [0.1, 0.15) is 0 Å². The first-order chi connectivity index (χ1) is 11.3. The Morgan fingerprint density at radius 2 is 1.96 bits per heavy atom. The van der Waals surface area contributed by atoms with Gasteiger partial charge >= 0.3 is 5.97 Å². The lowest BCUT2D eigenvalue weighted by Gasteiger charge is -2.59. The zero-order chi connectivity index (χ0) is 17.3. The second-order valence-electron chi connectivity index (χ2n) is 9.13. The van der Waals surface area contributed by atoms with E-state index in [1.165, 1.54) is 5.57 Å². The van der Waals surface area contributed by atoms with Gasteiger partial charge in [-0.3, -0.25) is 9.59 Å². The predicted molar refractivity (Wildman–Crippen MR) is 89.2 cm³/mol. The van der Waals surface area contributed by atoms with Crippen molar-refractivity contribution in [1.29, 1.82) is 0 Å². The summed E-state index contributed by atoms with van der Waals surface area (Å²) in [5.41, 5.74) is 0.864. The fourth-order valence-electron chi connectivity index (χ4n) is 7.09. The lowest BCUT2D eigenvalue weighted by atomic mass is 9.46. The largest absolute Gasteiger partial charge is 0.481 e. The molecule has 0 aromatic heterocycles. The van der Waals surface area contributed by atoms with Gasteiger partial charge in [0, 0.05) is 6.42 Å². The van der Waals surface area contributed by atoms with E-state index in [-0.39, 0.29) is 28.4 Å². The van der Waals surface area contributed by atoms with Crippen LogP contribution in [-0.2, 0) is 9.59 Å². The van der Waals surface area contributed by atoms with Gasteiger partial charge in [0.15, 0.2) is 5.78 Å². The summed E-state index contributed by atoms with van der Waals surface area (Å²) >= 11 is 0. The lowest BCUT2D eigenvalue weighted by Crippen LogP contribution is -2.57. The Morgan fingerprint density at radius 1 is 1.21 bits per heavy atom. The molecule has 132 valence electrons. The summed E-state index contributed by atoms with van der Waals surface area (Å²) < 4.78 is 0. The molecule has 3 unspecified atom stereocenters. The molecule has 0 aromatic carbocycles. The third kappa shape index (κ3) is 2.01. The van der Waals surface area contributed by atoms with Crippen LogP contribution in [0.2, 0.25) is 0 Å². The highest BCUT2D eigenvalue weighted by molar-refractivity contribution is 5.91. The van der Waals surface area contributed by atoms with Gasteiger partial charge in [-0.05, 0) is 73.2 Å². The summed E-state index contributed by atoms with van der Waals surface area (Å²) in [6, 6.07) is 0. The molecule has 0 amide bonds. The number of carbonyl (C=O) groups is 2. The fourth-order valence-corrected chi connectivity index (χ4v) is 7.09. The van der Waals surface area contributed by atoms with E-state index in [4.69, 9.17) is 0 Å². The molecular weight excluding hydrogens is 304 g/mol. The summed E-state index contributed by atoms with van der Waals surface area (Å²) in [4.78, 5) is 23.6. The Labute approximate surface area is 143 Å². The Bertz CT molecular complexity index is 623. The van der Waals surface area contributed by atoms with Gasteiger partial charge < -0.3 is 10.2 Å². The smallest absolute Gasteiger partial charge is 0.307 e. The van der Waals surface area contributed by atoms with E-state index in [2.05, 4.69) is 13.8 Å². The van der Waals surface area contributed by atoms with E-state index in [0.717, 1.165) is 32.1 Å². The molecule has 0 heterocycles. The van der Waals surface area contributed by atoms with Crippen molar-refractivity contribution in [2.24, 2.45) is 34.5 Å². The van der Waals surface area contributed by atoms with Crippen molar-refractivity contribution in [3.05, 3.63) is 11.6 Å². The van der Waals surface area contributed by atoms with Crippen LogP contribution >= 0.6 is 0 Å². The highest BCUT2D eigenvalue weighted by Gasteiger charge is 2.63. The summed E-state index contributed by atoms with van der Waals surface area (Å²) in [6.07, 6.45) is 7.01. The first-order valence-electron chi connectivity index (χ1n) is 9.42. The summed E-state index contributed by atoms with van der Waals surface area (Å²) in [7, 11) is 0. The number of carbonyl (C=O) groups excluding carboxylic acids is 1. The SMILES string of the molecule is C[C@]12CCC(=O)C=C1CCC1C2[C@@H](O)C[C@@]2(C)C1CC[C@@H]2C(=O)O. The molecule has 0 radical (unpaired) electrons. The van der Waals surface area contributed by atoms with Gasteiger partial charge in [-0.2, -0.15) is 0 Å². The minimum atomic E-state index is -0.698. The number of carboxylic acids is 1. The quantitative estimate of drug-likeness (QED) is 0.773. The molecule has 0 saturated heterocycles. The van der Waals surface area contributed by atoms with Crippen molar-refractivity contribution >= 4 is 11.8 Å². The predicted octanol–water partition coefficient (Wildman–Crippen LogP) is 3.19. The van der Waals surface area contributed by atoms with E-state index in [0.29, 0.717) is 24.7 Å². The van der Waals surface area contributed by atoms with Crippen LogP contribution in [0.3, 0.4) is 0 Å². The maximum absolute atomic E-state index is 11.8. The Kier molecular flexibility index (Phi) is 3.51. The molecule has 4 nitrogen and oxygen atoms in total. The molecule has 3 fully saturated rings. The van der Waals surface area contributed by atoms with Crippen LogP contribution in [-0.4, -0.2) is 28.1 Å². The lowest BCUT2D eigenvalue weighted by molar-refractivity contribution is -0.158. The number of carboxylic acid groups (broad SMARTS) is 1. The molecule has 0 aromatic rings. The summed E-state index contributed by atoms with van der Waals surface area (Å²) in [5, 5.41) is 20.7. The standard InChI is InChI=1S/C20H28O4/c1-19-8-7-12(21)9-11(19)3-4-13-14-5-6-15(18(23)24)20(14,2)10-16(22)17(13)19/h9,13-17,22H,3-8,10H2,1-2H3,(H,23,24)/t13?,14?,15-,16+,17?,19+,20+/m1/s1. The number of hydrogen-bond acceptors (Lipinski definition) is 3. The number of rotatable bonds is 1. The van der Waals surface area contributed by atoms with Crippen molar-refractivity contribution in [2.45, 2.75) is 64.9 Å². The third-order valence-corrected chi connectivity index (χ3v) is 8.19. The molecular formula is C20H28O4. The van der Waals surface area contributed by atoms with Gasteiger partial charge in [-0.15, -0.1) is 0 Å². The van der Waals surface area contributed by atoms with Crippen molar-refractivity contribution < 1.29 is 19.8 Å². The van der Waals surface area contributed by atoms with E-state index >= 15 is 0 Å². The summed E-state index contributed by atoms with van der Waals surface area (Å²) in [5.74, 6) is 0.160. The molecule has 3 saturated carbocycles. The minimum absolute atomic E-state index is 0.0844. The summed E-state index contributed by atoms with van der Waals surface area (Å²) in [6.45, 7) is 4.33. The maximum atomic E-state index is 11.8. The number of hydrogen-bond donors (Lipinski definition) is 2. The van der Waals surface area contributed by atoms with E-state index < -0.39 is 12.1 Å². The molecule has 0 bridgehead atoms. The number of aliphatic hydroxyl groups is 1. The van der Waals surface area contributed by atoms with Crippen molar-refractivity contribution in [2.75, 3.05) is 0 Å². The molecule has 0 spiro atoms. The van der Waals surface area contributed by atoms with Crippen LogP contribution in [0, 0.1) is 34.5 Å². The van der Waals surface area contributed by atoms with Crippen LogP contribution in [0.1, 0.15) is 58.8 Å². The second kappa shape index (κ2) is 5.17. The van der Waals surface area contributed by atoms with Crippen LogP contribution < -0.4 is 0 Å². The average molecular weight is 332 g/mol. The zero-order valence-corrected chi connectivity index (χ0v) is 14.6. The van der Waals surface area contributed by atoms with Crippen LogP contribution in [0.4, 0.5) is 0 Å². The first-order valence-corrected chi connectivity index (χ1v) is 9.42. The van der Waals surface area contributed by atoms with E-state index in [1.54, 1.807) is 0 Å². The molecule has 4 rings (SSSR count). The molecule has 24 heavy (non-hydrogen) atoms. The molecule has 2 N–H and O–H groups in total. The number of allylic oxidation sites excluding steroid dienone is 1. The second-order valence-corrected chi connectivity index (χ2v) is 9.13. The van der Waals surface area contributed by atoms with Gasteiger partial charge in [0.25, 0.3) is 0 Å². The average Bonchev–Trinajstić information content (AvgIpc) is 2.84. The molecule has 4 aliphatic rings. The van der Waals surface area contributed by atoms with Crippen molar-refractivity contribution in [3.8, 4) is 0 Å². The van der Waals surface area contributed by atoms with Gasteiger partial charge in [0.05, 0.1) is 12.0 Å². The Hall–Kier alpha value is -1.16. The van der Waals surface area contributed by atoms with Crippen LogP contribution in [0.25, 0.3) is 0 Å². The highest BCUT2D eigenvalue weighted by Crippen LogP contribution is 2.66. The van der Waals surface area contributed by atoms with Crippen LogP contribution in [0.15, 0.2) is 11.6 Å². The first kappa shape index (κ1) is 16.3. The zero-order valence-electron chi connectivity index (χ0n) is 14.6. The molecule has 4 aliphatic carbocycles. The molecule has 4 heteroatoms. The van der Waals surface area contributed by atoms with Crippen LogP contribution in [0.5, 0.6) is 0 Å². The van der Waals surface area contributed by atoms with E-state index in [1.807, 2.05) is 6.08 Å². The van der Waals surface area contributed by atoms with Crippen molar-refractivity contribution in [1.82, 2.24) is 0 Å². The Balaban J connectivity index is 1.72. The molecule has 0 aliphatic heterocycles. The number of aliphatic carboxylic acids is 1. The Morgan fingerprint density at radius 3 is 2.67 bits per heavy atom. The number of fused-ring (bicyclic) bond motifs is 5. The minimum Gasteiger partial charge on any atom is -0.481 e. The van der Waals surface area contributed by atoms with E-state index in [9.17, 15) is 19.8 Å². The topological polar surface area (TPSA) is 74.6 Å². The van der Waals surface area contributed by atoms with Crippen molar-refractivity contribution in [3.63, 3.8) is 0 Å². The monoisotopic (exact) mass is 332 g/mol. The highest BCUT2D eigenvalue weighted by atomic mass is 16.4. The maximum Gasteiger partial charge on any atom is 0.307 e. The van der Waals surface area contributed by atoms with Gasteiger partial charge in [-0.1, -0.05) is 19.4 Å². The fraction of sp³-hybridized carbons (Fsp3) is 0.800.